The molecule has 5 nitrogen and oxygen atoms in total. The average Bonchev–Trinajstić information content (AvgIpc) is 3.18. The number of hydrogen-bond donors (Lipinski definition) is 2. The molecule has 6 heteroatoms. The van der Waals surface area contributed by atoms with Gasteiger partial charge in [-0.05, 0) is 55.5 Å². The molecule has 0 bridgehead atoms. The highest BCUT2D eigenvalue weighted by molar-refractivity contribution is 9.10. The van der Waals surface area contributed by atoms with Gasteiger partial charge in [0.2, 0.25) is 5.91 Å². The van der Waals surface area contributed by atoms with Crippen LogP contribution in [0.1, 0.15) is 42.7 Å². The van der Waals surface area contributed by atoms with E-state index in [1.54, 1.807) is 12.1 Å². The molecule has 0 spiro atoms. The summed E-state index contributed by atoms with van der Waals surface area (Å²) in [5.74, 6) is -0.495. The summed E-state index contributed by atoms with van der Waals surface area (Å²) in [6.45, 7) is 1.40. The molecule has 2 N–H and O–H groups in total. The number of rotatable bonds is 7. The molecule has 1 unspecified atom stereocenters. The van der Waals surface area contributed by atoms with Crippen LogP contribution in [0.25, 0.3) is 0 Å². The molecule has 0 aromatic heterocycles. The Morgan fingerprint density at radius 1 is 1.18 bits per heavy atom. The van der Waals surface area contributed by atoms with E-state index in [9.17, 15) is 9.59 Å². The van der Waals surface area contributed by atoms with Crippen LogP contribution in [-0.2, 0) is 9.59 Å². The summed E-state index contributed by atoms with van der Waals surface area (Å²) in [6.07, 6.45) is 4.41. The van der Waals surface area contributed by atoms with Gasteiger partial charge in [-0.3, -0.25) is 4.79 Å². The second-order valence-electron chi connectivity index (χ2n) is 7.17. The molecule has 148 valence electrons. The Balaban J connectivity index is 1.83. The van der Waals surface area contributed by atoms with Gasteiger partial charge in [0, 0.05) is 15.7 Å². The van der Waals surface area contributed by atoms with E-state index in [2.05, 4.69) is 21.2 Å². The van der Waals surface area contributed by atoms with Crippen LogP contribution in [0.4, 0.5) is 5.69 Å². The first-order valence-electron chi connectivity index (χ1n) is 9.46. The van der Waals surface area contributed by atoms with Crippen molar-refractivity contribution in [3.05, 3.63) is 58.1 Å². The Morgan fingerprint density at radius 2 is 1.86 bits per heavy atom. The molecule has 1 fully saturated rings. The minimum absolute atomic E-state index is 0.0345. The van der Waals surface area contributed by atoms with E-state index in [1.165, 1.54) is 0 Å². The molecule has 0 heterocycles. The molecule has 1 saturated carbocycles. The fraction of sp³-hybridized carbons (Fsp3) is 0.364. The maximum atomic E-state index is 13.3. The topological polar surface area (TPSA) is 75.6 Å². The molecule has 1 atom stereocenters. The molecule has 0 saturated heterocycles. The molecule has 3 rings (SSSR count). The van der Waals surface area contributed by atoms with Gasteiger partial charge in [-0.15, -0.1) is 0 Å². The van der Waals surface area contributed by atoms with Gasteiger partial charge >= 0.3 is 5.97 Å². The maximum absolute atomic E-state index is 13.3. The van der Waals surface area contributed by atoms with Crippen LogP contribution in [0.5, 0.6) is 5.75 Å². The highest BCUT2D eigenvalue weighted by atomic mass is 79.9. The van der Waals surface area contributed by atoms with Crippen LogP contribution < -0.4 is 10.1 Å². The highest BCUT2D eigenvalue weighted by Crippen LogP contribution is 2.39. The number of carbonyl (C=O) groups excluding carboxylic acids is 1. The fourth-order valence-electron chi connectivity index (χ4n) is 3.85. The van der Waals surface area contributed by atoms with E-state index < -0.39 is 12.6 Å². The summed E-state index contributed by atoms with van der Waals surface area (Å²) >= 11 is 3.46. The average molecular weight is 446 g/mol. The number of amides is 1. The van der Waals surface area contributed by atoms with Gasteiger partial charge in [-0.1, -0.05) is 47.0 Å². The van der Waals surface area contributed by atoms with Crippen molar-refractivity contribution < 1.29 is 19.4 Å². The Kier molecular flexibility index (Phi) is 6.73. The summed E-state index contributed by atoms with van der Waals surface area (Å²) in [4.78, 5) is 24.0. The van der Waals surface area contributed by atoms with Gasteiger partial charge in [0.1, 0.15) is 5.75 Å². The van der Waals surface area contributed by atoms with Crippen molar-refractivity contribution in [1.82, 2.24) is 0 Å². The Labute approximate surface area is 173 Å². The van der Waals surface area contributed by atoms with E-state index in [0.717, 1.165) is 41.3 Å². The number of ether oxygens (including phenoxy) is 1. The van der Waals surface area contributed by atoms with Crippen molar-refractivity contribution >= 4 is 33.5 Å². The summed E-state index contributed by atoms with van der Waals surface area (Å²) in [5, 5.41) is 11.9. The third-order valence-corrected chi connectivity index (χ3v) is 5.80. The van der Waals surface area contributed by atoms with Crippen LogP contribution in [-0.4, -0.2) is 23.6 Å². The third kappa shape index (κ3) is 4.93. The lowest BCUT2D eigenvalue weighted by Crippen LogP contribution is -2.27. The Hall–Kier alpha value is -2.34. The van der Waals surface area contributed by atoms with Gasteiger partial charge in [-0.2, -0.15) is 0 Å². The zero-order valence-electron chi connectivity index (χ0n) is 15.8. The molecule has 28 heavy (non-hydrogen) atoms. The van der Waals surface area contributed by atoms with Gasteiger partial charge in [0.05, 0.1) is 5.92 Å². The lowest BCUT2D eigenvalue weighted by molar-refractivity contribution is -0.139. The van der Waals surface area contributed by atoms with Crippen molar-refractivity contribution in [2.75, 3.05) is 11.9 Å². The van der Waals surface area contributed by atoms with Crippen molar-refractivity contribution in [1.29, 1.82) is 0 Å². The quantitative estimate of drug-likeness (QED) is 0.618. The minimum Gasteiger partial charge on any atom is -0.482 e. The van der Waals surface area contributed by atoms with Crippen LogP contribution in [0.2, 0.25) is 0 Å². The number of aliphatic carboxylic acids is 1. The maximum Gasteiger partial charge on any atom is 0.341 e. The molecule has 1 aliphatic carbocycles. The minimum atomic E-state index is -1.04. The zero-order chi connectivity index (χ0) is 20.1. The second-order valence-corrected chi connectivity index (χ2v) is 8.09. The van der Waals surface area contributed by atoms with E-state index in [0.29, 0.717) is 17.4 Å². The van der Waals surface area contributed by atoms with E-state index in [4.69, 9.17) is 9.84 Å². The van der Waals surface area contributed by atoms with E-state index in [1.807, 2.05) is 37.3 Å². The zero-order valence-corrected chi connectivity index (χ0v) is 17.4. The fourth-order valence-corrected chi connectivity index (χ4v) is 4.12. The summed E-state index contributed by atoms with van der Waals surface area (Å²) in [7, 11) is 0. The Bertz CT molecular complexity index is 844. The number of carboxylic acid groups (broad SMARTS) is 1. The normalized spacial score (nSPS) is 15.2. The Morgan fingerprint density at radius 3 is 2.50 bits per heavy atom. The molecular weight excluding hydrogens is 422 g/mol. The van der Waals surface area contributed by atoms with Crippen molar-refractivity contribution in [3.8, 4) is 5.75 Å². The van der Waals surface area contributed by atoms with E-state index in [-0.39, 0.29) is 11.8 Å². The summed E-state index contributed by atoms with van der Waals surface area (Å²) in [5.41, 5.74) is 2.38. The SMILES string of the molecule is Cc1c(NC(=O)C(c2ccc(Br)cc2)C2CCCC2)cccc1OCC(=O)O. The molecule has 2 aromatic carbocycles. The first-order chi connectivity index (χ1) is 13.5. The number of benzene rings is 2. The highest BCUT2D eigenvalue weighted by Gasteiger charge is 2.32. The first kappa shape index (κ1) is 20.4. The van der Waals surface area contributed by atoms with Crippen LogP contribution in [0.15, 0.2) is 46.9 Å². The van der Waals surface area contributed by atoms with Crippen molar-refractivity contribution in [3.63, 3.8) is 0 Å². The number of nitrogens with one attached hydrogen (secondary N) is 1. The van der Waals surface area contributed by atoms with Crippen molar-refractivity contribution in [2.24, 2.45) is 5.92 Å². The summed E-state index contributed by atoms with van der Waals surface area (Å²) in [6, 6.07) is 13.2. The van der Waals surface area contributed by atoms with Crippen LogP contribution >= 0.6 is 15.9 Å². The van der Waals surface area contributed by atoms with Crippen LogP contribution in [0.3, 0.4) is 0 Å². The smallest absolute Gasteiger partial charge is 0.341 e. The predicted octanol–water partition coefficient (Wildman–Crippen LogP) is 5.13. The van der Waals surface area contributed by atoms with Crippen molar-refractivity contribution in [2.45, 2.75) is 38.5 Å². The lowest BCUT2D eigenvalue weighted by atomic mass is 9.84. The van der Waals surface area contributed by atoms with Gasteiger partial charge in [-0.25, -0.2) is 4.79 Å². The first-order valence-corrected chi connectivity index (χ1v) is 10.3. The van der Waals surface area contributed by atoms with E-state index >= 15 is 0 Å². The molecule has 2 aromatic rings. The molecule has 0 radical (unpaired) electrons. The molecular formula is C22H24BrNO4. The monoisotopic (exact) mass is 445 g/mol. The number of anilines is 1. The van der Waals surface area contributed by atoms with Gasteiger partial charge < -0.3 is 15.2 Å². The second kappa shape index (κ2) is 9.24. The number of halogens is 1. The van der Waals surface area contributed by atoms with Gasteiger partial charge in [0.25, 0.3) is 0 Å². The lowest BCUT2D eigenvalue weighted by Gasteiger charge is -2.24. The standard InChI is InChI=1S/C22H24BrNO4/c1-14-18(7-4-8-19(14)28-13-20(25)26)24-22(27)21(15-5-2-3-6-15)16-9-11-17(23)12-10-16/h4,7-12,15,21H,2-3,5-6,13H2,1H3,(H,24,27)(H,25,26). The third-order valence-electron chi connectivity index (χ3n) is 5.28. The van der Waals surface area contributed by atoms with Gasteiger partial charge in [0.15, 0.2) is 6.61 Å². The number of hydrogen-bond acceptors (Lipinski definition) is 3. The largest absolute Gasteiger partial charge is 0.482 e. The summed E-state index contributed by atoms with van der Waals surface area (Å²) < 4.78 is 6.31. The molecule has 0 aliphatic heterocycles. The predicted molar refractivity (Wildman–Crippen MR) is 112 cm³/mol. The number of carbonyl (C=O) groups is 2. The van der Waals surface area contributed by atoms with Crippen LogP contribution in [0, 0.1) is 12.8 Å². The molecule has 1 aliphatic rings. The number of carboxylic acids is 1. The molecule has 1 amide bonds.